The average molecular weight is 252 g/mol. The van der Waals surface area contributed by atoms with Gasteiger partial charge in [-0.1, -0.05) is 19.8 Å². The summed E-state index contributed by atoms with van der Waals surface area (Å²) in [4.78, 5) is 14.8. The molecule has 18 heavy (non-hydrogen) atoms. The zero-order valence-electron chi connectivity index (χ0n) is 11.8. The van der Waals surface area contributed by atoms with Crippen molar-refractivity contribution in [3.8, 4) is 0 Å². The van der Waals surface area contributed by atoms with E-state index in [2.05, 4.69) is 17.1 Å². The fourth-order valence-corrected chi connectivity index (χ4v) is 3.42. The van der Waals surface area contributed by atoms with Gasteiger partial charge in [0, 0.05) is 25.4 Å². The highest BCUT2D eigenvalue weighted by Gasteiger charge is 2.31. The molecule has 1 N–H and O–H groups in total. The van der Waals surface area contributed by atoms with E-state index in [0.717, 1.165) is 26.1 Å². The number of ketones is 1. The van der Waals surface area contributed by atoms with E-state index in [1.54, 1.807) is 0 Å². The lowest BCUT2D eigenvalue weighted by molar-refractivity contribution is -0.123. The number of hydrogen-bond acceptors (Lipinski definition) is 3. The maximum absolute atomic E-state index is 12.3. The number of nitrogens with zero attached hydrogens (tertiary/aromatic N) is 1. The monoisotopic (exact) mass is 252 g/mol. The average Bonchev–Trinajstić information content (AvgIpc) is 2.86. The molecule has 0 aromatic rings. The minimum Gasteiger partial charge on any atom is -0.316 e. The van der Waals surface area contributed by atoms with Gasteiger partial charge in [-0.05, 0) is 44.8 Å². The zero-order chi connectivity index (χ0) is 12.8. The van der Waals surface area contributed by atoms with Crippen molar-refractivity contribution < 1.29 is 4.79 Å². The molecule has 2 rings (SSSR count). The van der Waals surface area contributed by atoms with Crippen molar-refractivity contribution in [3.05, 3.63) is 0 Å². The number of piperidine rings is 1. The van der Waals surface area contributed by atoms with Crippen LogP contribution in [-0.4, -0.2) is 43.4 Å². The van der Waals surface area contributed by atoms with Crippen LogP contribution in [0.25, 0.3) is 0 Å². The highest BCUT2D eigenvalue weighted by atomic mass is 16.1. The molecule has 0 radical (unpaired) electrons. The molecule has 0 spiro atoms. The standard InChI is InChI=1S/C15H28N2O/c1-2-6-13-11-16-12-14(13)15(18)7-10-17-8-4-3-5-9-17/h13-14,16H,2-12H2,1H3/t13-,14?/m0/s1. The molecule has 2 aliphatic rings. The highest BCUT2D eigenvalue weighted by molar-refractivity contribution is 5.82. The molecule has 0 bridgehead atoms. The Balaban J connectivity index is 1.73. The van der Waals surface area contributed by atoms with Gasteiger partial charge in [0.15, 0.2) is 0 Å². The second-order valence-corrected chi connectivity index (χ2v) is 5.93. The molecule has 104 valence electrons. The third-order valence-corrected chi connectivity index (χ3v) is 4.54. The Bertz CT molecular complexity index is 261. The summed E-state index contributed by atoms with van der Waals surface area (Å²) in [6.45, 7) is 7.59. The maximum Gasteiger partial charge on any atom is 0.138 e. The predicted octanol–water partition coefficient (Wildman–Crippen LogP) is 2.07. The van der Waals surface area contributed by atoms with Gasteiger partial charge in [-0.15, -0.1) is 0 Å². The fourth-order valence-electron chi connectivity index (χ4n) is 3.42. The van der Waals surface area contributed by atoms with Crippen LogP contribution in [0.4, 0.5) is 0 Å². The Morgan fingerprint density at radius 2 is 2.00 bits per heavy atom. The third-order valence-electron chi connectivity index (χ3n) is 4.54. The summed E-state index contributed by atoms with van der Waals surface area (Å²) in [5.41, 5.74) is 0. The SMILES string of the molecule is CCC[C@H]1CNCC1C(=O)CCN1CCCCC1. The molecule has 2 aliphatic heterocycles. The fraction of sp³-hybridized carbons (Fsp3) is 0.933. The van der Waals surface area contributed by atoms with Crippen LogP contribution in [0.5, 0.6) is 0 Å². The van der Waals surface area contributed by atoms with Gasteiger partial charge in [0.2, 0.25) is 0 Å². The number of carbonyl (C=O) groups excluding carboxylic acids is 1. The van der Waals surface area contributed by atoms with Crippen LogP contribution >= 0.6 is 0 Å². The van der Waals surface area contributed by atoms with E-state index in [0.29, 0.717) is 17.6 Å². The van der Waals surface area contributed by atoms with Crippen molar-refractivity contribution in [2.24, 2.45) is 11.8 Å². The first-order valence-electron chi connectivity index (χ1n) is 7.77. The van der Waals surface area contributed by atoms with Crippen LogP contribution in [0, 0.1) is 11.8 Å². The number of likely N-dealkylation sites (tertiary alicyclic amines) is 1. The van der Waals surface area contributed by atoms with E-state index in [4.69, 9.17) is 0 Å². The lowest BCUT2D eigenvalue weighted by Gasteiger charge is -2.26. The van der Waals surface area contributed by atoms with Gasteiger partial charge in [-0.25, -0.2) is 0 Å². The molecule has 2 saturated heterocycles. The second-order valence-electron chi connectivity index (χ2n) is 5.93. The van der Waals surface area contributed by atoms with E-state index < -0.39 is 0 Å². The highest BCUT2D eigenvalue weighted by Crippen LogP contribution is 2.23. The quantitative estimate of drug-likeness (QED) is 0.785. The lowest BCUT2D eigenvalue weighted by Crippen LogP contribution is -2.33. The summed E-state index contributed by atoms with van der Waals surface area (Å²) in [6, 6.07) is 0. The largest absolute Gasteiger partial charge is 0.316 e. The molecule has 3 heteroatoms. The first-order chi connectivity index (χ1) is 8.81. The van der Waals surface area contributed by atoms with Crippen LogP contribution < -0.4 is 5.32 Å². The molecule has 0 aromatic heterocycles. The molecule has 0 amide bonds. The van der Waals surface area contributed by atoms with Crippen molar-refractivity contribution in [1.82, 2.24) is 10.2 Å². The molecule has 2 atom stereocenters. The van der Waals surface area contributed by atoms with Crippen molar-refractivity contribution in [2.45, 2.75) is 45.4 Å². The van der Waals surface area contributed by atoms with E-state index in [1.807, 2.05) is 0 Å². The van der Waals surface area contributed by atoms with Gasteiger partial charge >= 0.3 is 0 Å². The maximum atomic E-state index is 12.3. The summed E-state index contributed by atoms with van der Waals surface area (Å²) in [6.07, 6.45) is 7.17. The van der Waals surface area contributed by atoms with Crippen LogP contribution in [-0.2, 0) is 4.79 Å². The Morgan fingerprint density at radius 3 is 2.72 bits per heavy atom. The minimum atomic E-state index is 0.301. The molecular weight excluding hydrogens is 224 g/mol. The smallest absolute Gasteiger partial charge is 0.138 e. The Hall–Kier alpha value is -0.410. The minimum absolute atomic E-state index is 0.301. The summed E-state index contributed by atoms with van der Waals surface area (Å²) < 4.78 is 0. The van der Waals surface area contributed by atoms with Crippen molar-refractivity contribution in [1.29, 1.82) is 0 Å². The number of rotatable bonds is 6. The Labute approximate surface area is 111 Å². The molecule has 3 nitrogen and oxygen atoms in total. The Morgan fingerprint density at radius 1 is 1.22 bits per heavy atom. The van der Waals surface area contributed by atoms with Crippen molar-refractivity contribution in [3.63, 3.8) is 0 Å². The topological polar surface area (TPSA) is 32.3 Å². The van der Waals surface area contributed by atoms with Crippen LogP contribution in [0.2, 0.25) is 0 Å². The second kappa shape index (κ2) is 7.25. The van der Waals surface area contributed by atoms with Gasteiger partial charge in [-0.3, -0.25) is 4.79 Å². The van der Waals surface area contributed by atoms with E-state index in [-0.39, 0.29) is 0 Å². The van der Waals surface area contributed by atoms with E-state index >= 15 is 0 Å². The number of Topliss-reactive ketones (excluding diaryl/α,β-unsaturated/α-hetero) is 1. The number of nitrogens with one attached hydrogen (secondary N) is 1. The van der Waals surface area contributed by atoms with Crippen LogP contribution in [0.15, 0.2) is 0 Å². The zero-order valence-corrected chi connectivity index (χ0v) is 11.8. The third kappa shape index (κ3) is 3.79. The molecule has 0 saturated carbocycles. The van der Waals surface area contributed by atoms with E-state index in [9.17, 15) is 4.79 Å². The molecule has 0 aliphatic carbocycles. The summed E-state index contributed by atoms with van der Waals surface area (Å²) in [5, 5.41) is 3.39. The van der Waals surface area contributed by atoms with Crippen molar-refractivity contribution >= 4 is 5.78 Å². The number of hydrogen-bond donors (Lipinski definition) is 1. The molecular formula is C15H28N2O. The van der Waals surface area contributed by atoms with Gasteiger partial charge in [0.1, 0.15) is 5.78 Å². The number of carbonyl (C=O) groups is 1. The van der Waals surface area contributed by atoms with Gasteiger partial charge < -0.3 is 10.2 Å². The Kier molecular flexibility index (Phi) is 5.64. The van der Waals surface area contributed by atoms with Crippen LogP contribution in [0.1, 0.15) is 45.4 Å². The molecule has 2 heterocycles. The van der Waals surface area contributed by atoms with Crippen LogP contribution in [0.3, 0.4) is 0 Å². The van der Waals surface area contributed by atoms with Gasteiger partial charge in [0.05, 0.1) is 0 Å². The normalized spacial score (nSPS) is 29.6. The molecule has 1 unspecified atom stereocenters. The predicted molar refractivity (Wildman–Crippen MR) is 74.7 cm³/mol. The summed E-state index contributed by atoms with van der Waals surface area (Å²) >= 11 is 0. The van der Waals surface area contributed by atoms with Crippen molar-refractivity contribution in [2.75, 3.05) is 32.7 Å². The first-order valence-corrected chi connectivity index (χ1v) is 7.77. The van der Waals surface area contributed by atoms with E-state index in [1.165, 1.54) is 45.2 Å². The molecule has 0 aromatic carbocycles. The summed E-state index contributed by atoms with van der Waals surface area (Å²) in [7, 11) is 0. The first kappa shape index (κ1) is 14.0. The lowest BCUT2D eigenvalue weighted by atomic mass is 9.87. The summed E-state index contributed by atoms with van der Waals surface area (Å²) in [5.74, 6) is 1.41. The molecule has 2 fully saturated rings. The van der Waals surface area contributed by atoms with Gasteiger partial charge in [-0.2, -0.15) is 0 Å². The van der Waals surface area contributed by atoms with Gasteiger partial charge in [0.25, 0.3) is 0 Å².